The number of nitrogen functional groups attached to an aromatic ring is 1. The van der Waals surface area contributed by atoms with Crippen LogP contribution in [-0.2, 0) is 6.54 Å². The van der Waals surface area contributed by atoms with Crippen molar-refractivity contribution in [2.75, 3.05) is 10.7 Å². The third-order valence-electron chi connectivity index (χ3n) is 2.51. The van der Waals surface area contributed by atoms with Gasteiger partial charge in [0.15, 0.2) is 0 Å². The summed E-state index contributed by atoms with van der Waals surface area (Å²) in [7, 11) is 0. The standard InChI is InChI=1S/C11H11ClN8S/c12-8-3-2-7(21-8)6-14-9-16-10(19-13)18-11(17-9)20-5-1-4-15-20/h1-5H,6,13H2,(H2,14,16,17,18,19). The molecule has 3 aromatic rings. The van der Waals surface area contributed by atoms with Crippen LogP contribution in [0.3, 0.4) is 0 Å². The lowest BCUT2D eigenvalue weighted by Gasteiger charge is -2.07. The number of nitrogens with one attached hydrogen (secondary N) is 2. The van der Waals surface area contributed by atoms with Crippen molar-refractivity contribution in [1.82, 2.24) is 24.7 Å². The minimum Gasteiger partial charge on any atom is -0.349 e. The number of thiophene rings is 1. The molecule has 0 fully saturated rings. The third kappa shape index (κ3) is 3.27. The number of hydrogen-bond acceptors (Lipinski definition) is 8. The molecule has 0 atom stereocenters. The number of halogens is 1. The van der Waals surface area contributed by atoms with Gasteiger partial charge in [-0.3, -0.25) is 5.43 Å². The summed E-state index contributed by atoms with van der Waals surface area (Å²) in [5.41, 5.74) is 2.41. The van der Waals surface area contributed by atoms with Gasteiger partial charge in [-0.25, -0.2) is 10.5 Å². The van der Waals surface area contributed by atoms with E-state index >= 15 is 0 Å². The lowest BCUT2D eigenvalue weighted by Crippen LogP contribution is -2.15. The zero-order valence-corrected chi connectivity index (χ0v) is 12.3. The highest BCUT2D eigenvalue weighted by atomic mass is 35.5. The van der Waals surface area contributed by atoms with Crippen LogP contribution in [0.2, 0.25) is 4.34 Å². The van der Waals surface area contributed by atoms with Crippen molar-refractivity contribution in [3.05, 3.63) is 39.8 Å². The Balaban J connectivity index is 1.82. The average molecular weight is 323 g/mol. The van der Waals surface area contributed by atoms with Crippen LogP contribution in [0.5, 0.6) is 0 Å². The molecule has 0 amide bonds. The predicted octanol–water partition coefficient (Wildman–Crippen LogP) is 1.67. The number of anilines is 2. The molecule has 0 saturated carbocycles. The minimum absolute atomic E-state index is 0.252. The number of hydrogen-bond donors (Lipinski definition) is 3. The summed E-state index contributed by atoms with van der Waals surface area (Å²) in [5.74, 6) is 6.39. The van der Waals surface area contributed by atoms with E-state index in [-0.39, 0.29) is 5.95 Å². The molecule has 0 aliphatic rings. The Morgan fingerprint density at radius 2 is 2.10 bits per heavy atom. The van der Waals surface area contributed by atoms with Gasteiger partial charge in [-0.1, -0.05) is 11.6 Å². The van der Waals surface area contributed by atoms with Gasteiger partial charge in [0.25, 0.3) is 5.95 Å². The smallest absolute Gasteiger partial charge is 0.257 e. The van der Waals surface area contributed by atoms with Gasteiger partial charge >= 0.3 is 0 Å². The average Bonchev–Trinajstić information content (AvgIpc) is 3.16. The van der Waals surface area contributed by atoms with Gasteiger partial charge in [0.05, 0.1) is 10.9 Å². The lowest BCUT2D eigenvalue weighted by molar-refractivity contribution is 0.796. The lowest BCUT2D eigenvalue weighted by atomic mass is 10.5. The first kappa shape index (κ1) is 13.7. The van der Waals surface area contributed by atoms with Crippen LogP contribution in [0.4, 0.5) is 11.9 Å². The molecule has 3 rings (SSSR count). The van der Waals surface area contributed by atoms with Crippen LogP contribution in [0.15, 0.2) is 30.6 Å². The highest BCUT2D eigenvalue weighted by molar-refractivity contribution is 7.16. The largest absolute Gasteiger partial charge is 0.349 e. The number of nitrogens with zero attached hydrogens (tertiary/aromatic N) is 5. The van der Waals surface area contributed by atoms with E-state index in [9.17, 15) is 0 Å². The van der Waals surface area contributed by atoms with Crippen LogP contribution in [0.1, 0.15) is 4.88 Å². The van der Waals surface area contributed by atoms with Crippen molar-refractivity contribution < 1.29 is 0 Å². The van der Waals surface area contributed by atoms with Crippen molar-refractivity contribution >= 4 is 34.8 Å². The number of nitrogens with two attached hydrogens (primary N) is 1. The molecule has 0 saturated heterocycles. The first-order valence-electron chi connectivity index (χ1n) is 5.95. The molecule has 0 unspecified atom stereocenters. The van der Waals surface area contributed by atoms with Crippen LogP contribution >= 0.6 is 22.9 Å². The van der Waals surface area contributed by atoms with Gasteiger partial charge < -0.3 is 5.32 Å². The van der Waals surface area contributed by atoms with Gasteiger partial charge in [0.2, 0.25) is 11.9 Å². The zero-order valence-electron chi connectivity index (χ0n) is 10.7. The molecule has 10 heteroatoms. The predicted molar refractivity (Wildman–Crippen MR) is 81.4 cm³/mol. The third-order valence-corrected chi connectivity index (χ3v) is 3.74. The number of rotatable bonds is 5. The van der Waals surface area contributed by atoms with Crippen molar-refractivity contribution in [3.63, 3.8) is 0 Å². The van der Waals surface area contributed by atoms with E-state index in [2.05, 4.69) is 30.8 Å². The van der Waals surface area contributed by atoms with Crippen LogP contribution in [0, 0.1) is 0 Å². The van der Waals surface area contributed by atoms with Crippen molar-refractivity contribution in [3.8, 4) is 5.95 Å². The summed E-state index contributed by atoms with van der Waals surface area (Å²) in [5, 5.41) is 7.18. The number of hydrazine groups is 1. The fourth-order valence-electron chi connectivity index (χ4n) is 1.61. The van der Waals surface area contributed by atoms with E-state index in [0.717, 1.165) is 9.21 Å². The zero-order chi connectivity index (χ0) is 14.7. The van der Waals surface area contributed by atoms with Crippen molar-refractivity contribution in [1.29, 1.82) is 0 Å². The fourth-order valence-corrected chi connectivity index (χ4v) is 2.64. The van der Waals surface area contributed by atoms with Crippen LogP contribution in [-0.4, -0.2) is 24.7 Å². The second-order valence-corrected chi connectivity index (χ2v) is 5.74. The molecule has 0 aromatic carbocycles. The van der Waals surface area contributed by atoms with E-state index in [1.54, 1.807) is 18.5 Å². The molecule has 0 bridgehead atoms. The Labute approximate surface area is 129 Å². The Hall–Kier alpha value is -2.23. The van der Waals surface area contributed by atoms with Gasteiger partial charge in [-0.2, -0.15) is 20.1 Å². The molecular formula is C11H11ClN8S. The molecule has 0 spiro atoms. The summed E-state index contributed by atoms with van der Waals surface area (Å²) in [6.45, 7) is 0.559. The van der Waals surface area contributed by atoms with E-state index in [0.29, 0.717) is 18.4 Å². The first-order valence-corrected chi connectivity index (χ1v) is 7.15. The highest BCUT2D eigenvalue weighted by Crippen LogP contribution is 2.22. The molecule has 108 valence electrons. The van der Waals surface area contributed by atoms with Gasteiger partial charge in [-0.15, -0.1) is 11.3 Å². The van der Waals surface area contributed by atoms with E-state index < -0.39 is 0 Å². The molecule has 0 aliphatic carbocycles. The Bertz CT molecular complexity index is 726. The van der Waals surface area contributed by atoms with Crippen molar-refractivity contribution in [2.24, 2.45) is 5.84 Å². The molecule has 0 radical (unpaired) electrons. The minimum atomic E-state index is 0.252. The summed E-state index contributed by atoms with van der Waals surface area (Å²) in [4.78, 5) is 13.6. The van der Waals surface area contributed by atoms with E-state index in [1.165, 1.54) is 16.0 Å². The summed E-state index contributed by atoms with van der Waals surface area (Å²) in [6.07, 6.45) is 3.37. The first-order chi connectivity index (χ1) is 10.2. The fraction of sp³-hybridized carbons (Fsp3) is 0.0909. The van der Waals surface area contributed by atoms with Gasteiger partial charge in [-0.05, 0) is 18.2 Å². The molecular weight excluding hydrogens is 312 g/mol. The highest BCUT2D eigenvalue weighted by Gasteiger charge is 2.08. The molecule has 8 nitrogen and oxygen atoms in total. The van der Waals surface area contributed by atoms with Crippen LogP contribution < -0.4 is 16.6 Å². The quantitative estimate of drug-likeness (QED) is 0.484. The second-order valence-electron chi connectivity index (χ2n) is 3.94. The second kappa shape index (κ2) is 6.04. The number of aromatic nitrogens is 5. The Morgan fingerprint density at radius 1 is 1.24 bits per heavy atom. The van der Waals surface area contributed by atoms with Crippen LogP contribution in [0.25, 0.3) is 5.95 Å². The van der Waals surface area contributed by atoms with E-state index in [1.807, 2.05) is 12.1 Å². The summed E-state index contributed by atoms with van der Waals surface area (Å²) >= 11 is 7.39. The molecule has 4 N–H and O–H groups in total. The normalized spacial score (nSPS) is 10.6. The molecule has 21 heavy (non-hydrogen) atoms. The van der Waals surface area contributed by atoms with Gasteiger partial charge in [0.1, 0.15) is 0 Å². The SMILES string of the molecule is NNc1nc(NCc2ccc(Cl)s2)nc(-n2cccn2)n1. The topological polar surface area (TPSA) is 107 Å². The molecule has 3 heterocycles. The summed E-state index contributed by atoms with van der Waals surface area (Å²) in [6, 6.07) is 5.57. The Kier molecular flexibility index (Phi) is 3.95. The maximum atomic E-state index is 5.89. The molecule has 3 aromatic heterocycles. The van der Waals surface area contributed by atoms with E-state index in [4.69, 9.17) is 17.4 Å². The maximum absolute atomic E-state index is 5.89. The maximum Gasteiger partial charge on any atom is 0.257 e. The monoisotopic (exact) mass is 322 g/mol. The Morgan fingerprint density at radius 3 is 2.76 bits per heavy atom. The summed E-state index contributed by atoms with van der Waals surface area (Å²) < 4.78 is 2.26. The molecule has 0 aliphatic heterocycles. The van der Waals surface area contributed by atoms with Crippen molar-refractivity contribution in [2.45, 2.75) is 6.54 Å². The van der Waals surface area contributed by atoms with Gasteiger partial charge in [0, 0.05) is 17.3 Å².